The van der Waals surface area contributed by atoms with Crippen LogP contribution in [-0.4, -0.2) is 20.9 Å². The highest BCUT2D eigenvalue weighted by molar-refractivity contribution is 7.17. The molecule has 0 spiro atoms. The largest absolute Gasteiger partial charge is 0.308 e. The van der Waals surface area contributed by atoms with Gasteiger partial charge in [0.15, 0.2) is 0 Å². The van der Waals surface area contributed by atoms with E-state index in [1.165, 1.54) is 35.3 Å². The van der Waals surface area contributed by atoms with Crippen molar-refractivity contribution < 1.29 is 0 Å². The summed E-state index contributed by atoms with van der Waals surface area (Å²) in [6, 6.07) is 11.4. The van der Waals surface area contributed by atoms with Crippen LogP contribution in [0.5, 0.6) is 0 Å². The van der Waals surface area contributed by atoms with Crippen LogP contribution in [0.2, 0.25) is 0 Å². The van der Waals surface area contributed by atoms with Crippen molar-refractivity contribution in [2.45, 2.75) is 45.3 Å². The first kappa shape index (κ1) is 15.5. The Morgan fingerprint density at radius 1 is 1.17 bits per heavy atom. The van der Waals surface area contributed by atoms with Crippen molar-refractivity contribution in [3.05, 3.63) is 63.0 Å². The molecule has 0 saturated heterocycles. The molecule has 0 bridgehead atoms. The number of fused-ring (bicyclic) bond motifs is 1. The molecule has 0 unspecified atom stereocenters. The minimum absolute atomic E-state index is 0.0203. The standard InChI is InChI=1S/C19H21N3OS/c1-2-13-3-5-14(6-4-13)11-22(15-7-8-15)12-17-20-16-9-10-24-18(16)19(23)21-17/h3-6,9-10,15H,2,7-8,11-12H2,1H3,(H,20,21,23). The predicted octanol–water partition coefficient (Wildman–Crippen LogP) is 3.71. The van der Waals surface area contributed by atoms with Crippen LogP contribution >= 0.6 is 11.3 Å². The molecule has 4 rings (SSSR count). The van der Waals surface area contributed by atoms with E-state index in [0.717, 1.165) is 24.3 Å². The van der Waals surface area contributed by atoms with E-state index in [2.05, 4.69) is 46.1 Å². The number of H-pyrrole nitrogens is 1. The van der Waals surface area contributed by atoms with E-state index < -0.39 is 0 Å². The minimum Gasteiger partial charge on any atom is -0.308 e. The van der Waals surface area contributed by atoms with Gasteiger partial charge in [0.2, 0.25) is 0 Å². The van der Waals surface area contributed by atoms with Crippen molar-refractivity contribution in [1.29, 1.82) is 0 Å². The van der Waals surface area contributed by atoms with Gasteiger partial charge < -0.3 is 4.98 Å². The Bertz CT molecular complexity index is 893. The molecule has 1 saturated carbocycles. The van der Waals surface area contributed by atoms with Crippen molar-refractivity contribution in [3.63, 3.8) is 0 Å². The Morgan fingerprint density at radius 3 is 2.62 bits per heavy atom. The number of hydrogen-bond acceptors (Lipinski definition) is 4. The number of thiophene rings is 1. The Kier molecular flexibility index (Phi) is 4.21. The first-order chi connectivity index (χ1) is 11.7. The van der Waals surface area contributed by atoms with Gasteiger partial charge in [0.1, 0.15) is 10.5 Å². The van der Waals surface area contributed by atoms with Crippen molar-refractivity contribution in [3.8, 4) is 0 Å². The normalized spacial score (nSPS) is 14.6. The van der Waals surface area contributed by atoms with E-state index in [4.69, 9.17) is 0 Å². The third-order valence-electron chi connectivity index (χ3n) is 4.60. The van der Waals surface area contributed by atoms with Crippen LogP contribution in [0.25, 0.3) is 10.2 Å². The van der Waals surface area contributed by atoms with E-state index in [9.17, 15) is 4.79 Å². The molecule has 2 aromatic heterocycles. The summed E-state index contributed by atoms with van der Waals surface area (Å²) in [5.41, 5.74) is 3.47. The molecule has 4 nitrogen and oxygen atoms in total. The number of benzene rings is 1. The molecular formula is C19H21N3OS. The number of aromatic amines is 1. The number of aromatic nitrogens is 2. The number of hydrogen-bond donors (Lipinski definition) is 1. The Morgan fingerprint density at radius 2 is 1.92 bits per heavy atom. The van der Waals surface area contributed by atoms with Gasteiger partial charge >= 0.3 is 0 Å². The molecule has 1 N–H and O–H groups in total. The highest BCUT2D eigenvalue weighted by atomic mass is 32.1. The summed E-state index contributed by atoms with van der Waals surface area (Å²) >= 11 is 1.45. The van der Waals surface area contributed by atoms with Gasteiger partial charge in [-0.25, -0.2) is 4.98 Å². The Labute approximate surface area is 145 Å². The fourth-order valence-corrected chi connectivity index (χ4v) is 3.78. The maximum atomic E-state index is 12.2. The molecule has 5 heteroatoms. The minimum atomic E-state index is -0.0203. The van der Waals surface area contributed by atoms with Gasteiger partial charge in [-0.1, -0.05) is 31.2 Å². The van der Waals surface area contributed by atoms with Crippen molar-refractivity contribution in [2.75, 3.05) is 0 Å². The van der Waals surface area contributed by atoms with Crippen LogP contribution in [0.4, 0.5) is 0 Å². The molecule has 0 radical (unpaired) electrons. The second-order valence-electron chi connectivity index (χ2n) is 6.45. The van der Waals surface area contributed by atoms with E-state index in [1.54, 1.807) is 0 Å². The maximum Gasteiger partial charge on any atom is 0.268 e. The first-order valence-electron chi connectivity index (χ1n) is 8.51. The predicted molar refractivity (Wildman–Crippen MR) is 98.3 cm³/mol. The summed E-state index contributed by atoms with van der Waals surface area (Å²) in [6.45, 7) is 3.77. The van der Waals surface area contributed by atoms with Gasteiger partial charge in [-0.3, -0.25) is 9.69 Å². The topological polar surface area (TPSA) is 49.0 Å². The van der Waals surface area contributed by atoms with Crippen LogP contribution in [0.1, 0.15) is 36.7 Å². The maximum absolute atomic E-state index is 12.2. The average Bonchev–Trinajstić information content (AvgIpc) is 3.33. The fraction of sp³-hybridized carbons (Fsp3) is 0.368. The first-order valence-corrected chi connectivity index (χ1v) is 9.39. The van der Waals surface area contributed by atoms with Crippen molar-refractivity contribution in [2.24, 2.45) is 0 Å². The Balaban J connectivity index is 1.55. The van der Waals surface area contributed by atoms with Crippen LogP contribution in [0.15, 0.2) is 40.5 Å². The highest BCUT2D eigenvalue weighted by Crippen LogP contribution is 2.29. The van der Waals surface area contributed by atoms with Crippen LogP contribution in [-0.2, 0) is 19.5 Å². The van der Waals surface area contributed by atoms with E-state index in [1.807, 2.05) is 11.4 Å². The highest BCUT2D eigenvalue weighted by Gasteiger charge is 2.29. The number of rotatable bonds is 6. The molecule has 24 heavy (non-hydrogen) atoms. The average molecular weight is 339 g/mol. The molecule has 0 aliphatic heterocycles. The second-order valence-corrected chi connectivity index (χ2v) is 7.37. The van der Waals surface area contributed by atoms with Gasteiger partial charge in [0.05, 0.1) is 12.1 Å². The van der Waals surface area contributed by atoms with Crippen molar-refractivity contribution in [1.82, 2.24) is 14.9 Å². The quantitative estimate of drug-likeness (QED) is 0.745. The summed E-state index contributed by atoms with van der Waals surface area (Å²) < 4.78 is 0.715. The number of nitrogens with zero attached hydrogens (tertiary/aromatic N) is 2. The summed E-state index contributed by atoms with van der Waals surface area (Å²) in [7, 11) is 0. The zero-order valence-corrected chi connectivity index (χ0v) is 14.6. The summed E-state index contributed by atoms with van der Waals surface area (Å²) in [4.78, 5) is 22.2. The molecule has 1 aromatic carbocycles. The van der Waals surface area contributed by atoms with Crippen LogP contribution in [0.3, 0.4) is 0 Å². The third kappa shape index (κ3) is 3.28. The Hall–Kier alpha value is -1.98. The molecule has 0 amide bonds. The molecular weight excluding hydrogens is 318 g/mol. The zero-order chi connectivity index (χ0) is 16.5. The monoisotopic (exact) mass is 339 g/mol. The fourth-order valence-electron chi connectivity index (χ4n) is 3.06. The van der Waals surface area contributed by atoms with Gasteiger partial charge in [0, 0.05) is 12.6 Å². The molecule has 1 aliphatic rings. The third-order valence-corrected chi connectivity index (χ3v) is 5.50. The van der Waals surface area contributed by atoms with Gasteiger partial charge in [-0.2, -0.15) is 0 Å². The molecule has 1 fully saturated rings. The summed E-state index contributed by atoms with van der Waals surface area (Å²) in [5, 5.41) is 1.92. The van der Waals surface area contributed by atoms with Crippen LogP contribution < -0.4 is 5.56 Å². The molecule has 2 heterocycles. The van der Waals surface area contributed by atoms with Gasteiger partial charge in [0.25, 0.3) is 5.56 Å². The molecule has 3 aromatic rings. The lowest BCUT2D eigenvalue weighted by Crippen LogP contribution is -2.27. The van der Waals surface area contributed by atoms with Crippen LogP contribution in [0, 0.1) is 0 Å². The SMILES string of the molecule is CCc1ccc(CN(Cc2nc3ccsc3c(=O)[nH]2)C2CC2)cc1. The smallest absolute Gasteiger partial charge is 0.268 e. The number of aryl methyl sites for hydroxylation is 1. The molecule has 1 aliphatic carbocycles. The lowest BCUT2D eigenvalue weighted by molar-refractivity contribution is 0.239. The summed E-state index contributed by atoms with van der Waals surface area (Å²) in [6.07, 6.45) is 3.54. The van der Waals surface area contributed by atoms with Gasteiger partial charge in [-0.15, -0.1) is 11.3 Å². The lowest BCUT2D eigenvalue weighted by atomic mass is 10.1. The number of nitrogens with one attached hydrogen (secondary N) is 1. The van der Waals surface area contributed by atoms with Gasteiger partial charge in [-0.05, 0) is 41.8 Å². The zero-order valence-electron chi connectivity index (χ0n) is 13.8. The summed E-state index contributed by atoms with van der Waals surface area (Å²) in [5.74, 6) is 0.767. The second kappa shape index (κ2) is 6.49. The van der Waals surface area contributed by atoms with Crippen molar-refractivity contribution >= 4 is 21.6 Å². The van der Waals surface area contributed by atoms with E-state index >= 15 is 0 Å². The molecule has 124 valence electrons. The van der Waals surface area contributed by atoms with E-state index in [-0.39, 0.29) is 5.56 Å². The lowest BCUT2D eigenvalue weighted by Gasteiger charge is -2.21. The molecule has 0 atom stereocenters. The van der Waals surface area contributed by atoms with E-state index in [0.29, 0.717) is 17.3 Å².